The van der Waals surface area contributed by atoms with Gasteiger partial charge in [0, 0.05) is 19.3 Å². The molecule has 64 heavy (non-hydrogen) atoms. The lowest BCUT2D eigenvalue weighted by atomic mass is 10.0. The summed E-state index contributed by atoms with van der Waals surface area (Å²) in [7, 11) is 0. The van der Waals surface area contributed by atoms with Gasteiger partial charge in [0.15, 0.2) is 6.10 Å². The van der Waals surface area contributed by atoms with Crippen LogP contribution in [0, 0.1) is 0 Å². The molecule has 0 amide bonds. The molecular weight excluding hydrogens is 793 g/mol. The highest BCUT2D eigenvalue weighted by molar-refractivity contribution is 5.71. The van der Waals surface area contributed by atoms with Crippen molar-refractivity contribution in [3.05, 3.63) is 72.9 Å². The van der Waals surface area contributed by atoms with E-state index in [1.807, 2.05) is 0 Å². The molecule has 0 aliphatic heterocycles. The molecule has 0 radical (unpaired) electrons. The minimum atomic E-state index is -0.793. The van der Waals surface area contributed by atoms with E-state index in [0.29, 0.717) is 19.3 Å². The van der Waals surface area contributed by atoms with E-state index in [1.54, 1.807) is 0 Å². The Labute approximate surface area is 395 Å². The molecule has 0 spiro atoms. The highest BCUT2D eigenvalue weighted by Gasteiger charge is 2.19. The fourth-order valence-electron chi connectivity index (χ4n) is 7.40. The van der Waals surface area contributed by atoms with Crippen molar-refractivity contribution in [3.8, 4) is 0 Å². The van der Waals surface area contributed by atoms with Gasteiger partial charge in [-0.25, -0.2) is 0 Å². The lowest BCUT2D eigenvalue weighted by molar-refractivity contribution is -0.167. The van der Waals surface area contributed by atoms with Crippen LogP contribution in [-0.4, -0.2) is 37.2 Å². The van der Waals surface area contributed by atoms with E-state index in [4.69, 9.17) is 14.2 Å². The quantitative estimate of drug-likeness (QED) is 0.0262. The zero-order valence-electron chi connectivity index (χ0n) is 42.0. The SMILES string of the molecule is CC/C=C\C/C=C\C/C=C\C/C=C\CCCCCC(=O)OC(COC(=O)CCCCCCCCC/C=C\C/C=C\CCCCC)COC(=O)CCCCCCCCCCCCCCC. The van der Waals surface area contributed by atoms with Crippen LogP contribution in [0.2, 0.25) is 0 Å². The first kappa shape index (κ1) is 60.9. The Balaban J connectivity index is 4.44. The molecule has 0 aliphatic carbocycles. The topological polar surface area (TPSA) is 78.9 Å². The molecule has 0 saturated heterocycles. The van der Waals surface area contributed by atoms with Crippen molar-refractivity contribution >= 4 is 17.9 Å². The lowest BCUT2D eigenvalue weighted by Gasteiger charge is -2.18. The Morgan fingerprint density at radius 2 is 0.609 bits per heavy atom. The van der Waals surface area contributed by atoms with Crippen LogP contribution in [0.15, 0.2) is 72.9 Å². The zero-order valence-corrected chi connectivity index (χ0v) is 42.0. The monoisotopic (exact) mass is 893 g/mol. The second kappa shape index (κ2) is 52.5. The minimum absolute atomic E-state index is 0.0892. The van der Waals surface area contributed by atoms with Crippen molar-refractivity contribution in [3.63, 3.8) is 0 Å². The number of rotatable bonds is 48. The van der Waals surface area contributed by atoms with Gasteiger partial charge in [-0.2, -0.15) is 0 Å². The molecular formula is C58H100O6. The summed E-state index contributed by atoms with van der Waals surface area (Å²) in [5.41, 5.74) is 0. The Hall–Kier alpha value is -3.15. The van der Waals surface area contributed by atoms with Gasteiger partial charge in [0.1, 0.15) is 13.2 Å². The number of allylic oxidation sites excluding steroid dienone is 12. The van der Waals surface area contributed by atoms with Crippen LogP contribution in [0.3, 0.4) is 0 Å². The van der Waals surface area contributed by atoms with Crippen molar-refractivity contribution in [2.45, 2.75) is 264 Å². The van der Waals surface area contributed by atoms with Crippen molar-refractivity contribution in [2.75, 3.05) is 13.2 Å². The van der Waals surface area contributed by atoms with Crippen LogP contribution in [-0.2, 0) is 28.6 Å². The second-order valence-corrected chi connectivity index (χ2v) is 17.8. The highest BCUT2D eigenvalue weighted by Crippen LogP contribution is 2.15. The second-order valence-electron chi connectivity index (χ2n) is 17.8. The van der Waals surface area contributed by atoms with E-state index >= 15 is 0 Å². The maximum atomic E-state index is 12.8. The molecule has 1 unspecified atom stereocenters. The number of unbranched alkanes of at least 4 members (excludes halogenated alkanes) is 25. The molecule has 0 aromatic rings. The van der Waals surface area contributed by atoms with E-state index in [1.165, 1.54) is 116 Å². The normalized spacial score (nSPS) is 12.6. The maximum Gasteiger partial charge on any atom is 0.306 e. The van der Waals surface area contributed by atoms with E-state index < -0.39 is 6.10 Å². The first-order valence-electron chi connectivity index (χ1n) is 26.9. The van der Waals surface area contributed by atoms with E-state index in [0.717, 1.165) is 103 Å². The van der Waals surface area contributed by atoms with Gasteiger partial charge >= 0.3 is 17.9 Å². The average Bonchev–Trinajstić information content (AvgIpc) is 3.29. The molecule has 0 aromatic heterocycles. The molecule has 368 valence electrons. The fourth-order valence-corrected chi connectivity index (χ4v) is 7.40. The Kier molecular flexibility index (Phi) is 49.9. The summed E-state index contributed by atoms with van der Waals surface area (Å²) in [6, 6.07) is 0. The average molecular weight is 893 g/mol. The summed E-state index contributed by atoms with van der Waals surface area (Å²) < 4.78 is 16.8. The molecule has 0 heterocycles. The van der Waals surface area contributed by atoms with Crippen LogP contribution in [0.1, 0.15) is 258 Å². The fraction of sp³-hybridized carbons (Fsp3) is 0.741. The number of ether oxygens (including phenoxy) is 3. The predicted octanol–water partition coefficient (Wildman–Crippen LogP) is 17.8. The first-order valence-corrected chi connectivity index (χ1v) is 26.9. The summed E-state index contributed by atoms with van der Waals surface area (Å²) in [6.45, 7) is 6.48. The van der Waals surface area contributed by atoms with Crippen LogP contribution in [0.4, 0.5) is 0 Å². The number of esters is 3. The van der Waals surface area contributed by atoms with Crippen molar-refractivity contribution in [2.24, 2.45) is 0 Å². The molecule has 0 aromatic carbocycles. The van der Waals surface area contributed by atoms with Gasteiger partial charge in [-0.05, 0) is 89.9 Å². The van der Waals surface area contributed by atoms with E-state index in [-0.39, 0.29) is 31.1 Å². The third-order valence-electron chi connectivity index (χ3n) is 11.4. The maximum absolute atomic E-state index is 12.8. The van der Waals surface area contributed by atoms with E-state index in [2.05, 4.69) is 93.7 Å². The molecule has 6 nitrogen and oxygen atoms in total. The van der Waals surface area contributed by atoms with Gasteiger partial charge in [0.25, 0.3) is 0 Å². The third-order valence-corrected chi connectivity index (χ3v) is 11.4. The molecule has 0 rings (SSSR count). The zero-order chi connectivity index (χ0) is 46.5. The Morgan fingerprint density at radius 1 is 0.328 bits per heavy atom. The van der Waals surface area contributed by atoms with Crippen molar-refractivity contribution < 1.29 is 28.6 Å². The number of carbonyl (C=O) groups is 3. The standard InChI is InChI=1S/C58H100O6/c1-4-7-10-13-16-19-22-25-27-29-31-33-36-39-42-45-48-51-57(60)63-54-55(53-62-56(59)50-47-44-41-38-35-32-24-21-18-15-12-9-6-3)64-58(61)52-49-46-43-40-37-34-30-28-26-23-20-17-14-11-8-5-2/h8,11,16-17,19-20,25-28,34,37,55H,4-7,9-10,12-15,18,21-24,29-33,35-36,38-54H2,1-3H3/b11-8-,19-16-,20-17-,27-25-,28-26-,37-34-. The summed E-state index contributed by atoms with van der Waals surface area (Å²) in [5, 5.41) is 0. The summed E-state index contributed by atoms with van der Waals surface area (Å²) in [4.78, 5) is 38.0. The minimum Gasteiger partial charge on any atom is -0.462 e. The van der Waals surface area contributed by atoms with Crippen molar-refractivity contribution in [1.82, 2.24) is 0 Å². The summed E-state index contributed by atoms with van der Waals surface area (Å²) in [6.07, 6.45) is 65.9. The highest BCUT2D eigenvalue weighted by atomic mass is 16.6. The number of hydrogen-bond acceptors (Lipinski definition) is 6. The predicted molar refractivity (Wildman–Crippen MR) is 274 cm³/mol. The molecule has 0 fully saturated rings. The van der Waals surface area contributed by atoms with Crippen molar-refractivity contribution in [1.29, 1.82) is 0 Å². The van der Waals surface area contributed by atoms with Gasteiger partial charge in [-0.1, -0.05) is 222 Å². The molecule has 0 aliphatic rings. The smallest absolute Gasteiger partial charge is 0.306 e. The third kappa shape index (κ3) is 49.9. The number of hydrogen-bond donors (Lipinski definition) is 0. The van der Waals surface area contributed by atoms with E-state index in [9.17, 15) is 14.4 Å². The van der Waals surface area contributed by atoms with Gasteiger partial charge in [-0.3, -0.25) is 14.4 Å². The molecule has 0 bridgehead atoms. The lowest BCUT2D eigenvalue weighted by Crippen LogP contribution is -2.30. The summed E-state index contributed by atoms with van der Waals surface area (Å²) >= 11 is 0. The Morgan fingerprint density at radius 3 is 1.00 bits per heavy atom. The molecule has 6 heteroatoms. The summed E-state index contributed by atoms with van der Waals surface area (Å²) in [5.74, 6) is -0.924. The van der Waals surface area contributed by atoms with Gasteiger partial charge in [0.05, 0.1) is 0 Å². The molecule has 0 saturated carbocycles. The van der Waals surface area contributed by atoms with Crippen LogP contribution in [0.5, 0.6) is 0 Å². The Bertz CT molecular complexity index is 1210. The van der Waals surface area contributed by atoms with Gasteiger partial charge in [0.2, 0.25) is 0 Å². The van der Waals surface area contributed by atoms with Crippen LogP contribution >= 0.6 is 0 Å². The molecule has 1 atom stereocenters. The molecule has 0 N–H and O–H groups in total. The van der Waals surface area contributed by atoms with Gasteiger partial charge in [-0.15, -0.1) is 0 Å². The number of carbonyl (C=O) groups excluding carboxylic acids is 3. The van der Waals surface area contributed by atoms with Crippen LogP contribution < -0.4 is 0 Å². The first-order chi connectivity index (χ1) is 31.5. The van der Waals surface area contributed by atoms with Crippen LogP contribution in [0.25, 0.3) is 0 Å². The largest absolute Gasteiger partial charge is 0.462 e. The van der Waals surface area contributed by atoms with Gasteiger partial charge < -0.3 is 14.2 Å².